The Balaban J connectivity index is 2.17. The van der Waals surface area contributed by atoms with Crippen LogP contribution in [0, 0.1) is 0 Å². The Morgan fingerprint density at radius 1 is 1.36 bits per heavy atom. The molecule has 1 aromatic rings. The van der Waals surface area contributed by atoms with Gasteiger partial charge in [0.2, 0.25) is 0 Å². The minimum absolute atomic E-state index is 0.0768. The third kappa shape index (κ3) is 3.87. The molecular formula is C16H19F3N2O4. The van der Waals surface area contributed by atoms with Gasteiger partial charge in [-0.15, -0.1) is 0 Å². The molecular weight excluding hydrogens is 341 g/mol. The number of para-hydroxylation sites is 2. The molecule has 1 amide bonds. The zero-order valence-corrected chi connectivity index (χ0v) is 13.8. The summed E-state index contributed by atoms with van der Waals surface area (Å²) in [5.41, 5.74) is -3.23. The van der Waals surface area contributed by atoms with Crippen LogP contribution in [0.3, 0.4) is 0 Å². The van der Waals surface area contributed by atoms with Crippen molar-refractivity contribution in [2.45, 2.75) is 38.1 Å². The second-order valence-corrected chi connectivity index (χ2v) is 5.55. The molecule has 0 saturated heterocycles. The van der Waals surface area contributed by atoms with Crippen LogP contribution < -0.4 is 9.47 Å². The number of hydrogen-bond acceptors (Lipinski definition) is 5. The normalized spacial score (nSPS) is 20.4. The zero-order chi connectivity index (χ0) is 18.7. The standard InChI is InChI=1S/C16H19F3N2O4/c1-3-6-11-9-15(23,16(17,18)19)21(20-11)14(22)10-25-13-8-5-4-7-12(13)24-2/h4-5,7-8,23H,3,6,9-10H2,1-2H3. The number of methoxy groups -OCH3 is 1. The maximum absolute atomic E-state index is 13.3. The average molecular weight is 360 g/mol. The van der Waals surface area contributed by atoms with E-state index in [4.69, 9.17) is 9.47 Å². The molecule has 1 aromatic carbocycles. The first kappa shape index (κ1) is 19.0. The van der Waals surface area contributed by atoms with Gasteiger partial charge >= 0.3 is 6.18 Å². The van der Waals surface area contributed by atoms with Crippen molar-refractivity contribution in [2.24, 2.45) is 5.10 Å². The first-order valence-corrected chi connectivity index (χ1v) is 7.67. The van der Waals surface area contributed by atoms with Crippen molar-refractivity contribution in [2.75, 3.05) is 13.7 Å². The molecule has 0 aliphatic carbocycles. The van der Waals surface area contributed by atoms with Gasteiger partial charge < -0.3 is 14.6 Å². The van der Waals surface area contributed by atoms with Crippen LogP contribution in [0.5, 0.6) is 11.5 Å². The largest absolute Gasteiger partial charge is 0.493 e. The Kier molecular flexibility index (Phi) is 5.56. The first-order chi connectivity index (χ1) is 11.7. The fourth-order valence-electron chi connectivity index (χ4n) is 2.47. The van der Waals surface area contributed by atoms with E-state index in [1.54, 1.807) is 25.1 Å². The fourth-order valence-corrected chi connectivity index (χ4v) is 2.47. The number of carbonyl (C=O) groups excluding carboxylic acids is 1. The minimum Gasteiger partial charge on any atom is -0.493 e. The van der Waals surface area contributed by atoms with Crippen LogP contribution in [0.1, 0.15) is 26.2 Å². The molecule has 0 radical (unpaired) electrons. The van der Waals surface area contributed by atoms with Gasteiger partial charge in [0.1, 0.15) is 0 Å². The van der Waals surface area contributed by atoms with Gasteiger partial charge in [0.05, 0.1) is 7.11 Å². The van der Waals surface area contributed by atoms with Gasteiger partial charge in [-0.1, -0.05) is 25.5 Å². The van der Waals surface area contributed by atoms with Crippen molar-refractivity contribution in [3.8, 4) is 11.5 Å². The molecule has 1 unspecified atom stereocenters. The summed E-state index contributed by atoms with van der Waals surface area (Å²) in [6, 6.07) is 6.40. The van der Waals surface area contributed by atoms with E-state index in [1.165, 1.54) is 13.2 Å². The van der Waals surface area contributed by atoms with Gasteiger partial charge in [-0.05, 0) is 18.6 Å². The van der Waals surface area contributed by atoms with Crippen LogP contribution in [0.15, 0.2) is 29.4 Å². The second kappa shape index (κ2) is 7.30. The van der Waals surface area contributed by atoms with Crippen molar-refractivity contribution < 1.29 is 32.5 Å². The topological polar surface area (TPSA) is 71.4 Å². The van der Waals surface area contributed by atoms with Crippen molar-refractivity contribution >= 4 is 11.6 Å². The van der Waals surface area contributed by atoms with Gasteiger partial charge in [0.15, 0.2) is 18.1 Å². The van der Waals surface area contributed by atoms with Crippen LogP contribution in [-0.4, -0.2) is 47.4 Å². The van der Waals surface area contributed by atoms with Crippen LogP contribution in [0.4, 0.5) is 13.2 Å². The molecule has 6 nitrogen and oxygen atoms in total. The first-order valence-electron chi connectivity index (χ1n) is 7.67. The van der Waals surface area contributed by atoms with Gasteiger partial charge in [-0.3, -0.25) is 4.79 Å². The van der Waals surface area contributed by atoms with Gasteiger partial charge in [0, 0.05) is 12.1 Å². The number of rotatable bonds is 6. The highest BCUT2D eigenvalue weighted by molar-refractivity contribution is 5.91. The Morgan fingerprint density at radius 2 is 2.00 bits per heavy atom. The molecule has 0 aromatic heterocycles. The number of carbonyl (C=O) groups is 1. The third-order valence-corrected chi connectivity index (χ3v) is 3.69. The summed E-state index contributed by atoms with van der Waals surface area (Å²) in [4.78, 5) is 12.2. The van der Waals surface area contributed by atoms with E-state index in [0.29, 0.717) is 12.2 Å². The van der Waals surface area contributed by atoms with E-state index in [1.807, 2.05) is 0 Å². The summed E-state index contributed by atoms with van der Waals surface area (Å²) in [5, 5.41) is 13.8. The molecule has 1 N–H and O–H groups in total. The van der Waals surface area contributed by atoms with Crippen LogP contribution in [-0.2, 0) is 4.79 Å². The number of halogens is 3. The van der Waals surface area contributed by atoms with E-state index in [2.05, 4.69) is 5.10 Å². The quantitative estimate of drug-likeness (QED) is 0.847. The molecule has 1 aliphatic heterocycles. The predicted octanol–water partition coefficient (Wildman–Crippen LogP) is 2.71. The number of aliphatic hydroxyl groups is 1. The second-order valence-electron chi connectivity index (χ2n) is 5.55. The Hall–Kier alpha value is -2.29. The predicted molar refractivity (Wildman–Crippen MR) is 83.3 cm³/mol. The monoisotopic (exact) mass is 360 g/mol. The van der Waals surface area contributed by atoms with E-state index in [9.17, 15) is 23.1 Å². The number of alkyl halides is 3. The smallest absolute Gasteiger partial charge is 0.438 e. The number of benzene rings is 1. The molecule has 0 bridgehead atoms. The summed E-state index contributed by atoms with van der Waals surface area (Å²) in [5.74, 6) is -0.569. The summed E-state index contributed by atoms with van der Waals surface area (Å²) >= 11 is 0. The molecule has 138 valence electrons. The Bertz CT molecular complexity index is 663. The fraction of sp³-hybridized carbons (Fsp3) is 0.500. The Morgan fingerprint density at radius 3 is 2.56 bits per heavy atom. The highest BCUT2D eigenvalue weighted by atomic mass is 19.4. The summed E-state index contributed by atoms with van der Waals surface area (Å²) in [6.07, 6.45) is -4.99. The lowest BCUT2D eigenvalue weighted by molar-refractivity contribution is -0.302. The highest BCUT2D eigenvalue weighted by Gasteiger charge is 2.63. The van der Waals surface area contributed by atoms with Crippen LogP contribution in [0.2, 0.25) is 0 Å². The Labute approximate surface area is 142 Å². The van der Waals surface area contributed by atoms with E-state index >= 15 is 0 Å². The van der Waals surface area contributed by atoms with Gasteiger partial charge in [0.25, 0.3) is 11.6 Å². The van der Waals surface area contributed by atoms with Gasteiger partial charge in [-0.25, -0.2) is 0 Å². The summed E-state index contributed by atoms with van der Waals surface area (Å²) in [6.45, 7) is 1.05. The van der Waals surface area contributed by atoms with E-state index in [-0.39, 0.29) is 22.9 Å². The van der Waals surface area contributed by atoms with Crippen molar-refractivity contribution in [3.05, 3.63) is 24.3 Å². The van der Waals surface area contributed by atoms with E-state index in [0.717, 1.165) is 0 Å². The summed E-state index contributed by atoms with van der Waals surface area (Å²) < 4.78 is 50.1. The molecule has 25 heavy (non-hydrogen) atoms. The lowest BCUT2D eigenvalue weighted by Crippen LogP contribution is -2.57. The zero-order valence-electron chi connectivity index (χ0n) is 13.8. The van der Waals surface area contributed by atoms with Crippen molar-refractivity contribution in [3.63, 3.8) is 0 Å². The lowest BCUT2D eigenvalue weighted by Gasteiger charge is -2.32. The average Bonchev–Trinajstić information content (AvgIpc) is 2.91. The highest BCUT2D eigenvalue weighted by Crippen LogP contribution is 2.41. The molecule has 0 saturated carbocycles. The maximum atomic E-state index is 13.3. The minimum atomic E-state index is -5.04. The molecule has 1 aliphatic rings. The number of amides is 1. The summed E-state index contributed by atoms with van der Waals surface area (Å²) in [7, 11) is 1.40. The molecule has 1 heterocycles. The van der Waals surface area contributed by atoms with Crippen molar-refractivity contribution in [1.82, 2.24) is 5.01 Å². The number of hydrogen-bond donors (Lipinski definition) is 1. The molecule has 0 fully saturated rings. The number of hydrazone groups is 1. The molecule has 2 rings (SSSR count). The number of ether oxygens (including phenoxy) is 2. The van der Waals surface area contributed by atoms with Crippen LogP contribution in [0.25, 0.3) is 0 Å². The molecule has 1 atom stereocenters. The number of nitrogens with zero attached hydrogens (tertiary/aromatic N) is 2. The molecule has 9 heteroatoms. The molecule has 0 spiro atoms. The van der Waals surface area contributed by atoms with Crippen molar-refractivity contribution in [1.29, 1.82) is 0 Å². The van der Waals surface area contributed by atoms with Gasteiger partial charge in [-0.2, -0.15) is 23.3 Å². The maximum Gasteiger partial charge on any atom is 0.438 e. The van der Waals surface area contributed by atoms with Crippen LogP contribution >= 0.6 is 0 Å². The lowest BCUT2D eigenvalue weighted by atomic mass is 10.0. The SMILES string of the molecule is CCCC1=NN(C(=O)COc2ccccc2OC)C(O)(C(F)(F)F)C1. The third-order valence-electron chi connectivity index (χ3n) is 3.69. The van der Waals surface area contributed by atoms with E-state index < -0.39 is 30.8 Å².